The molecule has 0 saturated carbocycles. The van der Waals surface area contributed by atoms with Gasteiger partial charge in [-0.1, -0.05) is 61.2 Å². The number of pyridine rings is 2. The van der Waals surface area contributed by atoms with Gasteiger partial charge < -0.3 is 4.98 Å². The van der Waals surface area contributed by atoms with Crippen molar-refractivity contribution in [2.75, 3.05) is 0 Å². The van der Waals surface area contributed by atoms with E-state index in [2.05, 4.69) is 121 Å². The summed E-state index contributed by atoms with van der Waals surface area (Å²) < 4.78 is 17.3. The van der Waals surface area contributed by atoms with Crippen LogP contribution >= 0.6 is 11.3 Å². The fourth-order valence-corrected chi connectivity index (χ4v) is 10.8. The number of aryl methyl sites for hydroxylation is 1. The zero-order chi connectivity index (χ0) is 33.1. The molecule has 0 bridgehead atoms. The van der Waals surface area contributed by atoms with E-state index in [9.17, 15) is 4.39 Å². The van der Waals surface area contributed by atoms with Gasteiger partial charge in [-0.05, 0) is 57.4 Å². The smallest absolute Gasteiger partial charge is 0 e. The predicted octanol–water partition coefficient (Wildman–Crippen LogP) is 11.3. The summed E-state index contributed by atoms with van der Waals surface area (Å²) in [6.45, 7) is 6.66. The second-order valence-corrected chi connectivity index (χ2v) is 25.1. The molecule has 6 heteroatoms. The maximum atomic E-state index is 13.4. The number of fused-ring (bicyclic) bond motifs is 3. The van der Waals surface area contributed by atoms with Crippen LogP contribution in [0.4, 0.5) is 4.39 Å². The first-order valence-corrected chi connectivity index (χ1v) is 24.2. The van der Waals surface area contributed by atoms with E-state index < -0.39 is 13.3 Å². The third kappa shape index (κ3) is 8.21. The van der Waals surface area contributed by atoms with Crippen LogP contribution in [0.3, 0.4) is 0 Å². The second-order valence-electron chi connectivity index (χ2n) is 13.5. The molecule has 0 fully saturated rings. The van der Waals surface area contributed by atoms with Crippen LogP contribution < -0.4 is 4.40 Å². The summed E-state index contributed by atoms with van der Waals surface area (Å²) in [5, 5.41) is 2.43. The number of rotatable bonds is 6. The van der Waals surface area contributed by atoms with Gasteiger partial charge in [-0.15, -0.1) is 23.8 Å². The van der Waals surface area contributed by atoms with Crippen molar-refractivity contribution in [3.05, 3.63) is 139 Å². The van der Waals surface area contributed by atoms with Crippen LogP contribution in [-0.2, 0) is 26.5 Å². The van der Waals surface area contributed by atoms with E-state index in [1.807, 2.05) is 36.5 Å². The Morgan fingerprint density at radius 3 is 2.27 bits per heavy atom. The molecule has 48 heavy (non-hydrogen) atoms. The van der Waals surface area contributed by atoms with Crippen molar-refractivity contribution < 1.29 is 24.5 Å². The van der Waals surface area contributed by atoms with Gasteiger partial charge in [0.15, 0.2) is 0 Å². The molecule has 3 aromatic heterocycles. The molecule has 245 valence electrons. The van der Waals surface area contributed by atoms with E-state index in [0.717, 1.165) is 40.1 Å². The van der Waals surface area contributed by atoms with Crippen molar-refractivity contribution in [3.8, 4) is 33.6 Å². The minimum atomic E-state index is -1.77. The number of hydrogen-bond acceptors (Lipinski definition) is 3. The predicted molar refractivity (Wildman–Crippen MR) is 202 cm³/mol. The fourth-order valence-electron chi connectivity index (χ4n) is 6.01. The zero-order valence-electron chi connectivity index (χ0n) is 28.2. The van der Waals surface area contributed by atoms with Gasteiger partial charge in [0.05, 0.1) is 0 Å². The maximum absolute atomic E-state index is 13.4. The second kappa shape index (κ2) is 15.4. The Balaban J connectivity index is 0.000000214. The Kier molecular flexibility index (Phi) is 11.5. The standard InChI is InChI=1S/C27H21FNS.C15H18GeN.Ir/c1-17(2)14-18-12-13-29-25(15-18)20-8-11-26-24(16-20)23-5-3-4-22(27(23)30-26)19-6-9-21(28)10-7-19;1-12-10-15(13-8-6-5-7-9-13)17-11-14(12)16(2,3)4;/h3-7,9-13,15-17H,14H2,1-2H3;5-8,10-11H,1-4H3;/q2*-1;. The summed E-state index contributed by atoms with van der Waals surface area (Å²) in [4.78, 5) is 9.19. The summed E-state index contributed by atoms with van der Waals surface area (Å²) in [5.74, 6) is 7.60. The Morgan fingerprint density at radius 1 is 0.812 bits per heavy atom. The first-order valence-electron chi connectivity index (χ1n) is 16.1. The van der Waals surface area contributed by atoms with Crippen molar-refractivity contribution in [1.82, 2.24) is 9.97 Å². The van der Waals surface area contributed by atoms with Crippen molar-refractivity contribution in [2.45, 2.75) is 44.5 Å². The van der Waals surface area contributed by atoms with Crippen LogP contribution in [0.15, 0.2) is 109 Å². The molecular weight excluding hydrogens is 848 g/mol. The zero-order valence-corrected chi connectivity index (χ0v) is 33.5. The Hall–Kier alpha value is -3.48. The molecule has 7 aromatic rings. The Bertz CT molecular complexity index is 2150. The van der Waals surface area contributed by atoms with E-state index in [4.69, 9.17) is 0 Å². The van der Waals surface area contributed by atoms with Crippen molar-refractivity contribution in [2.24, 2.45) is 5.92 Å². The molecule has 0 unspecified atom stereocenters. The molecule has 1 radical (unpaired) electrons. The van der Waals surface area contributed by atoms with Crippen molar-refractivity contribution in [1.29, 1.82) is 0 Å². The first kappa shape index (κ1) is 35.8. The summed E-state index contributed by atoms with van der Waals surface area (Å²) in [6.07, 6.45) is 5.01. The molecule has 0 aliphatic rings. The molecule has 0 saturated heterocycles. The summed E-state index contributed by atoms with van der Waals surface area (Å²) in [6, 6.07) is 38.4. The van der Waals surface area contributed by atoms with E-state index in [1.54, 1.807) is 11.3 Å². The van der Waals surface area contributed by atoms with Gasteiger partial charge in [0.2, 0.25) is 0 Å². The molecule has 0 aliphatic heterocycles. The summed E-state index contributed by atoms with van der Waals surface area (Å²) in [5.41, 5.74) is 8.91. The molecule has 7 rings (SSSR count). The number of hydrogen-bond donors (Lipinski definition) is 0. The van der Waals surface area contributed by atoms with Crippen molar-refractivity contribution in [3.63, 3.8) is 0 Å². The Morgan fingerprint density at radius 2 is 1.58 bits per heavy atom. The topological polar surface area (TPSA) is 25.8 Å². The van der Waals surface area contributed by atoms with Crippen LogP contribution in [0.5, 0.6) is 0 Å². The monoisotopic (exact) mass is 889 g/mol. The van der Waals surface area contributed by atoms with Gasteiger partial charge in [-0.25, -0.2) is 4.39 Å². The third-order valence-corrected chi connectivity index (χ3v) is 13.9. The van der Waals surface area contributed by atoms with Crippen LogP contribution in [0.2, 0.25) is 17.3 Å². The van der Waals surface area contributed by atoms with E-state index >= 15 is 0 Å². The largest absolute Gasteiger partial charge is 0 e. The summed E-state index contributed by atoms with van der Waals surface area (Å²) in [7, 11) is 0. The fraction of sp³-hybridized carbons (Fsp3) is 0.190. The van der Waals surface area contributed by atoms with Gasteiger partial charge in [-0.2, -0.15) is 11.3 Å². The number of thiophene rings is 1. The number of nitrogens with zero attached hydrogens (tertiary/aromatic N) is 2. The van der Waals surface area contributed by atoms with E-state index in [-0.39, 0.29) is 25.9 Å². The average Bonchev–Trinajstić information content (AvgIpc) is 3.43. The molecule has 0 amide bonds. The average molecular weight is 888 g/mol. The SMILES string of the molecule is CC(C)Cc1ccnc(-c2[c-]cc3sc4c(-c5ccc(F)cc5)cccc4c3c2)c1.Cc1cc(-c2[c-]cccc2)nc[c]1[Ge]([CH3])([CH3])[CH3].[Ir]. The molecule has 0 aliphatic carbocycles. The number of halogens is 1. The van der Waals surface area contributed by atoms with Gasteiger partial charge in [-0.3, -0.25) is 0 Å². The molecule has 4 aromatic carbocycles. The normalized spacial score (nSPS) is 11.3. The molecule has 3 heterocycles. The van der Waals surface area contributed by atoms with Crippen LogP contribution in [-0.4, -0.2) is 23.2 Å². The minimum Gasteiger partial charge on any atom is 0 e. The Labute approximate surface area is 304 Å². The van der Waals surface area contributed by atoms with Crippen LogP contribution in [0.1, 0.15) is 25.0 Å². The van der Waals surface area contributed by atoms with Crippen LogP contribution in [0.25, 0.3) is 53.8 Å². The van der Waals surface area contributed by atoms with E-state index in [1.165, 1.54) is 47.8 Å². The van der Waals surface area contributed by atoms with Gasteiger partial charge in [0.25, 0.3) is 0 Å². The first-order chi connectivity index (χ1) is 22.6. The van der Waals surface area contributed by atoms with Gasteiger partial charge >= 0.3 is 106 Å². The third-order valence-electron chi connectivity index (χ3n) is 8.23. The quantitative estimate of drug-likeness (QED) is 0.123. The van der Waals surface area contributed by atoms with Gasteiger partial charge in [0.1, 0.15) is 5.82 Å². The summed E-state index contributed by atoms with van der Waals surface area (Å²) >= 11 is -0.0152. The van der Waals surface area contributed by atoms with Gasteiger partial charge in [0, 0.05) is 31.0 Å². The number of benzene rings is 4. The van der Waals surface area contributed by atoms with Crippen LogP contribution in [0, 0.1) is 30.8 Å². The number of aromatic nitrogens is 2. The minimum absolute atomic E-state index is 0. The molecule has 0 spiro atoms. The van der Waals surface area contributed by atoms with Crippen molar-refractivity contribution >= 4 is 49.2 Å². The molecule has 0 N–H and O–H groups in total. The maximum Gasteiger partial charge on any atom is 0 e. The molecule has 0 atom stereocenters. The van der Waals surface area contributed by atoms with E-state index in [0.29, 0.717) is 5.92 Å². The molecular formula is C42H39FGeIrN2S-2. The molecule has 2 nitrogen and oxygen atoms in total.